The molecule has 1 aromatic heterocycles. The second kappa shape index (κ2) is 17.6. The van der Waals surface area contributed by atoms with Gasteiger partial charge < -0.3 is 40.0 Å². The van der Waals surface area contributed by atoms with Gasteiger partial charge in [0.15, 0.2) is 0 Å². The number of nitriles is 2. The van der Waals surface area contributed by atoms with Crippen molar-refractivity contribution < 1.29 is 9.80 Å². The molecule has 5 nitrogen and oxygen atoms in total. The number of nitrogens with zero attached hydrogens (tertiary/aromatic N) is 3. The van der Waals surface area contributed by atoms with E-state index in [1.165, 1.54) is 39.3 Å². The highest BCUT2D eigenvalue weighted by Crippen LogP contribution is 2.31. The van der Waals surface area contributed by atoms with Crippen molar-refractivity contribution in [2.24, 2.45) is 0 Å². The molecule has 0 saturated carbocycles. The van der Waals surface area contributed by atoms with Crippen LogP contribution >= 0.6 is 15.9 Å². The van der Waals surface area contributed by atoms with Gasteiger partial charge in [0.05, 0.1) is 62.5 Å². The van der Waals surface area contributed by atoms with Crippen molar-refractivity contribution >= 4 is 41.2 Å². The predicted molar refractivity (Wildman–Crippen MR) is 143 cm³/mol. The van der Waals surface area contributed by atoms with Crippen molar-refractivity contribution in [1.29, 1.82) is 10.5 Å². The van der Waals surface area contributed by atoms with E-state index in [2.05, 4.69) is 62.5 Å². The Kier molecular flexibility index (Phi) is 16.7. The van der Waals surface area contributed by atoms with Gasteiger partial charge in [-0.1, -0.05) is 38.1 Å². The number of hydrogen-bond donors (Lipinski definition) is 2. The highest BCUT2D eigenvalue weighted by molar-refractivity contribution is 9.10. The summed E-state index contributed by atoms with van der Waals surface area (Å²) in [6.07, 6.45) is 0. The van der Waals surface area contributed by atoms with Crippen molar-refractivity contribution in [1.82, 2.24) is 4.98 Å². The van der Waals surface area contributed by atoms with Gasteiger partial charge in [0.25, 0.3) is 0 Å². The third-order valence-electron chi connectivity index (χ3n) is 5.49. The molecule has 0 amide bonds. The molecule has 0 aliphatic carbocycles. The summed E-state index contributed by atoms with van der Waals surface area (Å²) < 4.78 is 0.902. The minimum absolute atomic E-state index is 0.129. The Labute approximate surface area is 219 Å². The van der Waals surface area contributed by atoms with Crippen LogP contribution in [0.4, 0.5) is 0 Å². The van der Waals surface area contributed by atoms with Crippen molar-refractivity contribution in [3.63, 3.8) is 0 Å². The molecule has 0 atom stereocenters. The molecule has 0 fully saturated rings. The van der Waals surface area contributed by atoms with E-state index in [-0.39, 0.29) is 21.2 Å². The zero-order chi connectivity index (χ0) is 25.4. The van der Waals surface area contributed by atoms with Crippen molar-refractivity contribution in [3.05, 3.63) is 39.9 Å². The minimum atomic E-state index is 0.129. The molecule has 0 radical (unpaired) electrons. The lowest BCUT2D eigenvalue weighted by atomic mass is 9.98. The van der Waals surface area contributed by atoms with Crippen LogP contribution in [0.5, 0.6) is 0 Å². The van der Waals surface area contributed by atoms with Gasteiger partial charge in [-0.15, -0.1) is 0 Å². The number of halogens is 1. The fourth-order valence-corrected chi connectivity index (χ4v) is 3.96. The van der Waals surface area contributed by atoms with Gasteiger partial charge >= 0.3 is 0 Å². The first-order chi connectivity index (χ1) is 15.8. The smallest absolute Gasteiger partial charge is 0.0998 e. The average Bonchev–Trinajstić information content (AvgIpc) is 2.82. The molecule has 0 unspecified atom stereocenters. The maximum absolute atomic E-state index is 9.22. The van der Waals surface area contributed by atoms with E-state index in [0.717, 1.165) is 10.0 Å². The highest BCUT2D eigenvalue weighted by Gasteiger charge is 2.12. The van der Waals surface area contributed by atoms with Crippen LogP contribution in [-0.2, 0) is 25.3 Å². The average molecular weight is 551 g/mol. The predicted octanol–water partition coefficient (Wildman–Crippen LogP) is 2.93. The molecule has 33 heavy (non-hydrogen) atoms. The molecule has 2 aromatic rings. The fourth-order valence-electron chi connectivity index (χ4n) is 3.16. The summed E-state index contributed by atoms with van der Waals surface area (Å²) >= 11 is 13.4. The first-order valence-electron chi connectivity index (χ1n) is 11.4. The zero-order valence-electron chi connectivity index (χ0n) is 20.6. The molecule has 0 saturated heterocycles. The van der Waals surface area contributed by atoms with Crippen LogP contribution in [0.2, 0.25) is 0 Å². The number of rotatable bonds is 7. The Morgan fingerprint density at radius 3 is 1.30 bits per heavy atom. The van der Waals surface area contributed by atoms with Crippen molar-refractivity contribution in [3.8, 4) is 23.3 Å². The van der Waals surface area contributed by atoms with E-state index in [0.29, 0.717) is 5.56 Å². The molecule has 0 aliphatic heterocycles. The summed E-state index contributed by atoms with van der Waals surface area (Å²) in [6.45, 7) is 21.0. The third-order valence-corrected chi connectivity index (χ3v) is 6.61. The first-order valence-corrected chi connectivity index (χ1v) is 13.0. The summed E-state index contributed by atoms with van der Waals surface area (Å²) in [5, 5.41) is 18.7. The zero-order valence-corrected chi connectivity index (χ0v) is 23.8. The van der Waals surface area contributed by atoms with Crippen molar-refractivity contribution in [2.75, 3.05) is 39.3 Å². The van der Waals surface area contributed by atoms with Gasteiger partial charge in [0.1, 0.15) is 0 Å². The van der Waals surface area contributed by atoms with Gasteiger partial charge in [-0.25, -0.2) is 0 Å². The summed E-state index contributed by atoms with van der Waals surface area (Å²) in [4.78, 5) is 7.26. The van der Waals surface area contributed by atoms with Crippen molar-refractivity contribution in [2.45, 2.75) is 51.6 Å². The van der Waals surface area contributed by atoms with Gasteiger partial charge in [-0.3, -0.25) is 0 Å². The molecule has 8 heteroatoms. The monoisotopic (exact) mass is 549 g/mol. The first kappa shape index (κ1) is 31.2. The second-order valence-corrected chi connectivity index (χ2v) is 8.89. The lowest BCUT2D eigenvalue weighted by molar-refractivity contribution is -0.894. The molecule has 180 valence electrons. The third kappa shape index (κ3) is 10.3. The topological polar surface area (TPSA) is 69.3 Å². The molecule has 1 heterocycles. The fraction of sp³-hybridized carbons (Fsp3) is 0.480. The van der Waals surface area contributed by atoms with E-state index in [1.807, 2.05) is 24.3 Å². The molecular weight excluding hydrogens is 514 g/mol. The molecular formula is C25H36BrN5S2. The highest BCUT2D eigenvalue weighted by atomic mass is 79.9. The van der Waals surface area contributed by atoms with E-state index in [4.69, 9.17) is 25.3 Å². The minimum Gasteiger partial charge on any atom is -0.759 e. The number of nitrogens with one attached hydrogen (secondary N) is 2. The molecule has 0 spiro atoms. The van der Waals surface area contributed by atoms with Crippen LogP contribution in [0.3, 0.4) is 0 Å². The lowest BCUT2D eigenvalue weighted by Gasteiger charge is -2.20. The molecule has 1 aromatic carbocycles. The quantitative estimate of drug-likeness (QED) is 0.519. The van der Waals surface area contributed by atoms with E-state index in [9.17, 15) is 10.5 Å². The number of aromatic nitrogens is 1. The molecule has 2 N–H and O–H groups in total. The van der Waals surface area contributed by atoms with E-state index < -0.39 is 0 Å². The Balaban J connectivity index is 0.000000605. The summed E-state index contributed by atoms with van der Waals surface area (Å²) in [5.74, 6) is 0. The Morgan fingerprint density at radius 2 is 1.06 bits per heavy atom. The Bertz CT molecular complexity index is 851. The summed E-state index contributed by atoms with van der Waals surface area (Å²) in [6, 6.07) is 11.2. The second-order valence-electron chi connectivity index (χ2n) is 7.20. The van der Waals surface area contributed by atoms with Crippen LogP contribution in [0.1, 0.15) is 52.7 Å². The normalized spacial score (nSPS) is 9.91. The van der Waals surface area contributed by atoms with Crippen LogP contribution in [0.25, 0.3) is 11.1 Å². The van der Waals surface area contributed by atoms with Gasteiger partial charge in [-0.05, 0) is 59.2 Å². The maximum atomic E-state index is 9.22. The molecule has 2 rings (SSSR count). The summed E-state index contributed by atoms with van der Waals surface area (Å²) in [5.41, 5.74) is 1.60. The van der Waals surface area contributed by atoms with Gasteiger partial charge in [0.2, 0.25) is 0 Å². The number of pyridine rings is 1. The molecule has 0 bridgehead atoms. The Morgan fingerprint density at radius 1 is 0.727 bits per heavy atom. The maximum Gasteiger partial charge on any atom is 0.0998 e. The van der Waals surface area contributed by atoms with Crippen LogP contribution in [-0.4, -0.2) is 44.3 Å². The van der Waals surface area contributed by atoms with Gasteiger partial charge in [0, 0.05) is 10.0 Å². The standard InChI is InChI=1S/C13H6BrN3S2.2C6H15N/c14-8-3-1-7(2-4-8)11-9(5-15)12(18)17-13(19)10(11)6-16;2*1-4-7(5-2)6-3/h1-4H,(H2,17,18,19);2*4-6H2,1-3H3. The Hall–Kier alpha value is -1.81. The lowest BCUT2D eigenvalue weighted by Crippen LogP contribution is -3.11. The SMILES string of the molecule is CC[NH+](CC)CC.CC[NH+](CC)CC.N#Cc1c([S-])nc([S-])c(C#N)c1-c1ccc(Br)cc1. The van der Waals surface area contributed by atoms with Gasteiger partial charge in [-0.2, -0.15) is 10.5 Å². The van der Waals surface area contributed by atoms with Crippen LogP contribution in [0.15, 0.2) is 38.8 Å². The largest absolute Gasteiger partial charge is 0.759 e. The number of benzene rings is 1. The summed E-state index contributed by atoms with van der Waals surface area (Å²) in [7, 11) is 0. The number of hydrogen-bond acceptors (Lipinski definition) is 5. The van der Waals surface area contributed by atoms with E-state index in [1.54, 1.807) is 21.9 Å². The van der Waals surface area contributed by atoms with Crippen LogP contribution < -0.4 is 9.80 Å². The van der Waals surface area contributed by atoms with E-state index >= 15 is 0 Å². The number of quaternary nitrogens is 2. The molecule has 0 aliphatic rings. The van der Waals surface area contributed by atoms with Crippen LogP contribution in [0, 0.1) is 22.7 Å².